The number of benzene rings is 2. The summed E-state index contributed by atoms with van der Waals surface area (Å²) in [5, 5.41) is 0. The van der Waals surface area contributed by atoms with Crippen molar-refractivity contribution in [2.45, 2.75) is 52.6 Å². The minimum Gasteiger partial charge on any atom is -0.376 e. The molecule has 0 saturated heterocycles. The molecule has 0 heterocycles. The third-order valence-electron chi connectivity index (χ3n) is 4.42. The molecular formula is C22H30O. The first-order chi connectivity index (χ1) is 10.9. The van der Waals surface area contributed by atoms with Gasteiger partial charge in [0, 0.05) is 5.92 Å². The SMILES string of the molecule is CC(C)[C@@H](COCc1ccc(C(C)(C)C)cc1)c1ccccc1. The molecule has 0 spiro atoms. The Hall–Kier alpha value is -1.60. The zero-order chi connectivity index (χ0) is 16.9. The largest absolute Gasteiger partial charge is 0.376 e. The highest BCUT2D eigenvalue weighted by Crippen LogP contribution is 2.25. The Kier molecular flexibility index (Phi) is 6.01. The molecular weight excluding hydrogens is 280 g/mol. The molecule has 0 saturated carbocycles. The summed E-state index contributed by atoms with van der Waals surface area (Å²) in [7, 11) is 0. The molecule has 0 aliphatic heterocycles. The van der Waals surface area contributed by atoms with Gasteiger partial charge in [0.2, 0.25) is 0 Å². The first-order valence-corrected chi connectivity index (χ1v) is 8.60. The summed E-state index contributed by atoms with van der Waals surface area (Å²) in [6.07, 6.45) is 0. The van der Waals surface area contributed by atoms with Gasteiger partial charge in [0.1, 0.15) is 0 Å². The van der Waals surface area contributed by atoms with Crippen LogP contribution in [-0.2, 0) is 16.8 Å². The van der Waals surface area contributed by atoms with E-state index in [1.807, 2.05) is 0 Å². The number of rotatable bonds is 6. The molecule has 0 aliphatic carbocycles. The molecule has 2 rings (SSSR count). The number of hydrogen-bond acceptors (Lipinski definition) is 1. The van der Waals surface area contributed by atoms with E-state index in [0.717, 1.165) is 6.61 Å². The van der Waals surface area contributed by atoms with Crippen LogP contribution >= 0.6 is 0 Å². The second kappa shape index (κ2) is 7.79. The Balaban J connectivity index is 1.93. The monoisotopic (exact) mass is 310 g/mol. The lowest BCUT2D eigenvalue weighted by Gasteiger charge is -2.22. The van der Waals surface area contributed by atoms with Crippen molar-refractivity contribution in [3.63, 3.8) is 0 Å². The van der Waals surface area contributed by atoms with E-state index in [1.54, 1.807) is 0 Å². The fraction of sp³-hybridized carbons (Fsp3) is 0.455. The smallest absolute Gasteiger partial charge is 0.0717 e. The van der Waals surface area contributed by atoms with Gasteiger partial charge in [-0.2, -0.15) is 0 Å². The predicted octanol–water partition coefficient (Wildman–Crippen LogP) is 5.94. The van der Waals surface area contributed by atoms with Gasteiger partial charge in [-0.25, -0.2) is 0 Å². The van der Waals surface area contributed by atoms with Gasteiger partial charge in [0.05, 0.1) is 13.2 Å². The van der Waals surface area contributed by atoms with Gasteiger partial charge < -0.3 is 4.74 Å². The van der Waals surface area contributed by atoms with E-state index < -0.39 is 0 Å². The van der Waals surface area contributed by atoms with Gasteiger partial charge in [0.25, 0.3) is 0 Å². The zero-order valence-electron chi connectivity index (χ0n) is 15.2. The standard InChI is InChI=1S/C22H30O/c1-17(2)21(19-9-7-6-8-10-19)16-23-15-18-11-13-20(14-12-18)22(3,4)5/h6-14,17,21H,15-16H2,1-5H3/t21-/m1/s1. The molecule has 0 amide bonds. The van der Waals surface area contributed by atoms with Crippen LogP contribution in [0.5, 0.6) is 0 Å². The van der Waals surface area contributed by atoms with Crippen molar-refractivity contribution >= 4 is 0 Å². The van der Waals surface area contributed by atoms with E-state index >= 15 is 0 Å². The lowest BCUT2D eigenvalue weighted by atomic mass is 9.87. The highest BCUT2D eigenvalue weighted by atomic mass is 16.5. The molecule has 0 fully saturated rings. The Labute approximate surface area is 141 Å². The van der Waals surface area contributed by atoms with Gasteiger partial charge in [-0.05, 0) is 28.0 Å². The topological polar surface area (TPSA) is 9.23 Å². The van der Waals surface area contributed by atoms with Crippen LogP contribution in [0.4, 0.5) is 0 Å². The molecule has 0 unspecified atom stereocenters. The minimum atomic E-state index is 0.204. The third-order valence-corrected chi connectivity index (χ3v) is 4.42. The summed E-state index contributed by atoms with van der Waals surface area (Å²) < 4.78 is 6.02. The Morgan fingerprint density at radius 2 is 1.48 bits per heavy atom. The van der Waals surface area contributed by atoms with E-state index in [-0.39, 0.29) is 5.41 Å². The van der Waals surface area contributed by atoms with Crippen LogP contribution in [0.3, 0.4) is 0 Å². The normalized spacial score (nSPS) is 13.3. The molecule has 0 bridgehead atoms. The molecule has 0 radical (unpaired) electrons. The van der Waals surface area contributed by atoms with Crippen molar-refractivity contribution < 1.29 is 4.74 Å². The van der Waals surface area contributed by atoms with E-state index in [9.17, 15) is 0 Å². The van der Waals surface area contributed by atoms with Crippen LogP contribution in [0.15, 0.2) is 54.6 Å². The molecule has 23 heavy (non-hydrogen) atoms. The predicted molar refractivity (Wildman–Crippen MR) is 98.8 cm³/mol. The lowest BCUT2D eigenvalue weighted by Crippen LogP contribution is -2.14. The Morgan fingerprint density at radius 1 is 0.870 bits per heavy atom. The second-order valence-electron chi connectivity index (χ2n) is 7.72. The molecule has 124 valence electrons. The molecule has 0 N–H and O–H groups in total. The van der Waals surface area contributed by atoms with Crippen LogP contribution in [0.2, 0.25) is 0 Å². The maximum atomic E-state index is 6.02. The Morgan fingerprint density at radius 3 is 2.00 bits per heavy atom. The summed E-state index contributed by atoms with van der Waals surface area (Å²) in [6.45, 7) is 12.7. The van der Waals surface area contributed by atoms with Crippen LogP contribution in [0, 0.1) is 5.92 Å². The van der Waals surface area contributed by atoms with Gasteiger partial charge in [0.15, 0.2) is 0 Å². The van der Waals surface area contributed by atoms with Crippen molar-refractivity contribution in [1.29, 1.82) is 0 Å². The van der Waals surface area contributed by atoms with Gasteiger partial charge >= 0.3 is 0 Å². The first-order valence-electron chi connectivity index (χ1n) is 8.60. The second-order valence-corrected chi connectivity index (χ2v) is 7.72. The fourth-order valence-corrected chi connectivity index (χ4v) is 2.78. The molecule has 1 heteroatoms. The quantitative estimate of drug-likeness (QED) is 0.641. The van der Waals surface area contributed by atoms with Gasteiger partial charge in [-0.3, -0.25) is 0 Å². The van der Waals surface area contributed by atoms with Crippen LogP contribution in [-0.4, -0.2) is 6.61 Å². The van der Waals surface area contributed by atoms with Crippen molar-refractivity contribution in [1.82, 2.24) is 0 Å². The van der Waals surface area contributed by atoms with Crippen molar-refractivity contribution in [2.24, 2.45) is 5.92 Å². The maximum absolute atomic E-state index is 6.02. The zero-order valence-corrected chi connectivity index (χ0v) is 15.2. The van der Waals surface area contributed by atoms with E-state index in [0.29, 0.717) is 18.4 Å². The summed E-state index contributed by atoms with van der Waals surface area (Å²) in [5.74, 6) is 1.02. The molecule has 0 aliphatic rings. The average molecular weight is 310 g/mol. The summed E-state index contributed by atoms with van der Waals surface area (Å²) in [6, 6.07) is 19.5. The summed E-state index contributed by atoms with van der Waals surface area (Å²) in [5.41, 5.74) is 4.18. The Bertz CT molecular complexity index is 576. The molecule has 0 aromatic heterocycles. The van der Waals surface area contributed by atoms with E-state index in [2.05, 4.69) is 89.2 Å². The molecule has 2 aromatic carbocycles. The highest BCUT2D eigenvalue weighted by Gasteiger charge is 2.16. The van der Waals surface area contributed by atoms with Crippen LogP contribution in [0.25, 0.3) is 0 Å². The number of ether oxygens (including phenoxy) is 1. The summed E-state index contributed by atoms with van der Waals surface area (Å²) in [4.78, 5) is 0. The van der Waals surface area contributed by atoms with Crippen LogP contribution < -0.4 is 0 Å². The average Bonchev–Trinajstić information content (AvgIpc) is 2.51. The van der Waals surface area contributed by atoms with Crippen molar-refractivity contribution in [3.05, 3.63) is 71.3 Å². The minimum absolute atomic E-state index is 0.204. The van der Waals surface area contributed by atoms with Gasteiger partial charge in [-0.15, -0.1) is 0 Å². The van der Waals surface area contributed by atoms with E-state index in [4.69, 9.17) is 4.74 Å². The molecule has 1 nitrogen and oxygen atoms in total. The first kappa shape index (κ1) is 17.7. The van der Waals surface area contributed by atoms with Crippen molar-refractivity contribution in [3.8, 4) is 0 Å². The van der Waals surface area contributed by atoms with Crippen molar-refractivity contribution in [2.75, 3.05) is 6.61 Å². The maximum Gasteiger partial charge on any atom is 0.0717 e. The van der Waals surface area contributed by atoms with Gasteiger partial charge in [-0.1, -0.05) is 89.2 Å². The summed E-state index contributed by atoms with van der Waals surface area (Å²) >= 11 is 0. The fourth-order valence-electron chi connectivity index (χ4n) is 2.78. The van der Waals surface area contributed by atoms with E-state index in [1.165, 1.54) is 16.7 Å². The third kappa shape index (κ3) is 5.21. The van der Waals surface area contributed by atoms with Crippen LogP contribution in [0.1, 0.15) is 57.2 Å². The molecule has 1 atom stereocenters. The molecule has 2 aromatic rings. The lowest BCUT2D eigenvalue weighted by molar-refractivity contribution is 0.0958. The number of hydrogen-bond donors (Lipinski definition) is 0. The highest BCUT2D eigenvalue weighted by molar-refractivity contribution is 5.27.